The summed E-state index contributed by atoms with van der Waals surface area (Å²) in [6.07, 6.45) is 4.57. The van der Waals surface area contributed by atoms with Gasteiger partial charge in [-0.1, -0.05) is 18.2 Å². The minimum atomic E-state index is 0.593. The van der Waals surface area contributed by atoms with Crippen molar-refractivity contribution in [2.45, 2.75) is 18.9 Å². The fourth-order valence-corrected chi connectivity index (χ4v) is 3.55. The minimum absolute atomic E-state index is 0.593. The summed E-state index contributed by atoms with van der Waals surface area (Å²) in [5, 5.41) is 4.97. The van der Waals surface area contributed by atoms with Crippen molar-refractivity contribution in [3.63, 3.8) is 0 Å². The van der Waals surface area contributed by atoms with Crippen LogP contribution >= 0.6 is 0 Å². The first kappa shape index (κ1) is 11.2. The molecule has 1 aromatic carbocycles. The smallest absolute Gasteiger partial charge is 0.0933 e. The Morgan fingerprint density at radius 3 is 2.74 bits per heavy atom. The largest absolute Gasteiger partial charge is 0.379 e. The number of para-hydroxylation sites is 1. The van der Waals surface area contributed by atoms with Crippen molar-refractivity contribution in [2.24, 2.45) is 5.92 Å². The highest BCUT2D eigenvalue weighted by Gasteiger charge is 2.34. The van der Waals surface area contributed by atoms with Gasteiger partial charge in [0.25, 0.3) is 0 Å². The Morgan fingerprint density at radius 2 is 1.95 bits per heavy atom. The first-order valence-corrected chi connectivity index (χ1v) is 7.23. The number of pyridine rings is 1. The summed E-state index contributed by atoms with van der Waals surface area (Å²) >= 11 is 0. The highest BCUT2D eigenvalue weighted by atomic mass is 15.2. The zero-order chi connectivity index (χ0) is 12.7. The van der Waals surface area contributed by atoms with Gasteiger partial charge in [0.2, 0.25) is 0 Å². The van der Waals surface area contributed by atoms with Crippen LogP contribution in [0.25, 0.3) is 10.9 Å². The molecule has 1 atom stereocenters. The molecule has 0 radical (unpaired) electrons. The average Bonchev–Trinajstić information content (AvgIpc) is 2.49. The summed E-state index contributed by atoms with van der Waals surface area (Å²) in [6, 6.07) is 11.1. The minimum Gasteiger partial charge on any atom is -0.379 e. The Balaban J connectivity index is 1.65. The molecule has 3 aliphatic rings. The number of benzene rings is 1. The highest BCUT2D eigenvalue weighted by Crippen LogP contribution is 2.31. The van der Waals surface area contributed by atoms with Crippen LogP contribution in [0.1, 0.15) is 12.8 Å². The maximum Gasteiger partial charge on any atom is 0.0933 e. The Kier molecular flexibility index (Phi) is 2.66. The zero-order valence-electron chi connectivity index (χ0n) is 11.0. The monoisotopic (exact) mass is 253 g/mol. The van der Waals surface area contributed by atoms with Crippen LogP contribution in [0.4, 0.5) is 5.69 Å². The summed E-state index contributed by atoms with van der Waals surface area (Å²) in [4.78, 5) is 7.11. The van der Waals surface area contributed by atoms with Gasteiger partial charge in [0, 0.05) is 24.2 Å². The van der Waals surface area contributed by atoms with Gasteiger partial charge in [-0.15, -0.1) is 0 Å². The van der Waals surface area contributed by atoms with E-state index in [-0.39, 0.29) is 0 Å². The summed E-state index contributed by atoms with van der Waals surface area (Å²) < 4.78 is 0. The second kappa shape index (κ2) is 4.49. The number of rotatable bonds is 2. The van der Waals surface area contributed by atoms with Crippen molar-refractivity contribution in [3.8, 4) is 0 Å². The Labute approximate surface area is 113 Å². The molecule has 3 heteroatoms. The van der Waals surface area contributed by atoms with Crippen LogP contribution in [0.15, 0.2) is 36.5 Å². The molecule has 4 heterocycles. The number of fused-ring (bicyclic) bond motifs is 4. The second-order valence-electron chi connectivity index (χ2n) is 5.77. The SMILES string of the molecule is c1cnc2c(NC3CN4CCC3CC4)cccc2c1. The van der Waals surface area contributed by atoms with Crippen LogP contribution in [0.3, 0.4) is 0 Å². The summed E-state index contributed by atoms with van der Waals surface area (Å²) in [6.45, 7) is 3.77. The summed E-state index contributed by atoms with van der Waals surface area (Å²) in [5.74, 6) is 0.837. The molecule has 1 aromatic heterocycles. The van der Waals surface area contributed by atoms with E-state index in [1.165, 1.54) is 43.5 Å². The molecule has 2 aromatic rings. The molecule has 1 unspecified atom stereocenters. The lowest BCUT2D eigenvalue weighted by Crippen LogP contribution is -2.53. The third kappa shape index (κ3) is 1.98. The first-order chi connectivity index (χ1) is 9.40. The van der Waals surface area contributed by atoms with Crippen LogP contribution in [0, 0.1) is 5.92 Å². The number of piperidine rings is 3. The van der Waals surface area contributed by atoms with Gasteiger partial charge in [-0.25, -0.2) is 0 Å². The molecule has 1 N–H and O–H groups in total. The van der Waals surface area contributed by atoms with Crippen molar-refractivity contribution < 1.29 is 0 Å². The van der Waals surface area contributed by atoms with E-state index in [2.05, 4.69) is 39.5 Å². The second-order valence-corrected chi connectivity index (χ2v) is 5.77. The van der Waals surface area contributed by atoms with Gasteiger partial charge in [0.05, 0.1) is 11.2 Å². The van der Waals surface area contributed by atoms with Crippen LogP contribution in [-0.4, -0.2) is 35.6 Å². The van der Waals surface area contributed by atoms with Crippen LogP contribution in [0.5, 0.6) is 0 Å². The van der Waals surface area contributed by atoms with Gasteiger partial charge >= 0.3 is 0 Å². The molecule has 0 spiro atoms. The van der Waals surface area contributed by atoms with Crippen LogP contribution in [-0.2, 0) is 0 Å². The van der Waals surface area contributed by atoms with Crippen molar-refractivity contribution in [1.82, 2.24) is 9.88 Å². The zero-order valence-corrected chi connectivity index (χ0v) is 11.0. The van der Waals surface area contributed by atoms with E-state index >= 15 is 0 Å². The molecule has 0 amide bonds. The molecule has 0 aliphatic carbocycles. The Hall–Kier alpha value is -1.61. The molecular weight excluding hydrogens is 234 g/mol. The lowest BCUT2D eigenvalue weighted by atomic mass is 9.84. The molecule has 5 rings (SSSR count). The normalized spacial score (nSPS) is 29.6. The standard InChI is InChI=1S/C16H19N3/c1-3-13-4-2-8-17-16(13)14(5-1)18-15-11-19-9-6-12(15)7-10-19/h1-5,8,12,15,18H,6-7,9-11H2. The van der Waals surface area contributed by atoms with Gasteiger partial charge in [-0.3, -0.25) is 4.98 Å². The predicted octanol–water partition coefficient (Wildman–Crippen LogP) is 2.74. The van der Waals surface area contributed by atoms with Crippen molar-refractivity contribution in [2.75, 3.05) is 25.0 Å². The van der Waals surface area contributed by atoms with E-state index in [0.29, 0.717) is 6.04 Å². The van der Waals surface area contributed by atoms with E-state index < -0.39 is 0 Å². The van der Waals surface area contributed by atoms with Gasteiger partial charge in [0.15, 0.2) is 0 Å². The van der Waals surface area contributed by atoms with Crippen molar-refractivity contribution in [3.05, 3.63) is 36.5 Å². The first-order valence-electron chi connectivity index (χ1n) is 7.23. The lowest BCUT2D eigenvalue weighted by molar-refractivity contribution is 0.0976. The fourth-order valence-electron chi connectivity index (χ4n) is 3.55. The molecule has 98 valence electrons. The summed E-state index contributed by atoms with van der Waals surface area (Å²) in [7, 11) is 0. The van der Waals surface area contributed by atoms with Crippen LogP contribution in [0.2, 0.25) is 0 Å². The topological polar surface area (TPSA) is 28.2 Å². The van der Waals surface area contributed by atoms with Crippen molar-refractivity contribution >= 4 is 16.6 Å². The number of hydrogen-bond acceptors (Lipinski definition) is 3. The predicted molar refractivity (Wildman–Crippen MR) is 78.3 cm³/mol. The van der Waals surface area contributed by atoms with E-state index in [1.807, 2.05) is 12.3 Å². The van der Waals surface area contributed by atoms with E-state index in [1.54, 1.807) is 0 Å². The number of hydrogen-bond donors (Lipinski definition) is 1. The molecule has 3 saturated heterocycles. The molecule has 2 bridgehead atoms. The molecular formula is C16H19N3. The van der Waals surface area contributed by atoms with E-state index in [4.69, 9.17) is 0 Å². The van der Waals surface area contributed by atoms with Gasteiger partial charge in [-0.05, 0) is 44.0 Å². The lowest BCUT2D eigenvalue weighted by Gasteiger charge is -2.45. The molecule has 19 heavy (non-hydrogen) atoms. The van der Waals surface area contributed by atoms with Crippen molar-refractivity contribution in [1.29, 1.82) is 0 Å². The molecule has 0 saturated carbocycles. The maximum atomic E-state index is 4.53. The Morgan fingerprint density at radius 1 is 1.11 bits per heavy atom. The third-order valence-corrected chi connectivity index (χ3v) is 4.63. The van der Waals surface area contributed by atoms with E-state index in [0.717, 1.165) is 11.4 Å². The number of nitrogens with zero attached hydrogens (tertiary/aromatic N) is 2. The van der Waals surface area contributed by atoms with Gasteiger partial charge < -0.3 is 10.2 Å². The van der Waals surface area contributed by atoms with E-state index in [9.17, 15) is 0 Å². The quantitative estimate of drug-likeness (QED) is 0.892. The molecule has 3 nitrogen and oxygen atoms in total. The third-order valence-electron chi connectivity index (χ3n) is 4.63. The summed E-state index contributed by atoms with van der Waals surface area (Å²) in [5.41, 5.74) is 2.29. The fraction of sp³-hybridized carbons (Fsp3) is 0.438. The molecule has 3 fully saturated rings. The number of anilines is 1. The molecule has 3 aliphatic heterocycles. The maximum absolute atomic E-state index is 4.53. The number of aromatic nitrogens is 1. The highest BCUT2D eigenvalue weighted by molar-refractivity contribution is 5.90. The Bertz CT molecular complexity index is 582. The van der Waals surface area contributed by atoms with Gasteiger partial charge in [0.1, 0.15) is 0 Å². The van der Waals surface area contributed by atoms with Gasteiger partial charge in [-0.2, -0.15) is 0 Å². The average molecular weight is 253 g/mol. The van der Waals surface area contributed by atoms with Crippen LogP contribution < -0.4 is 5.32 Å². The number of nitrogens with one attached hydrogen (secondary N) is 1.